The van der Waals surface area contributed by atoms with Crippen LogP contribution in [0, 0.1) is 18.3 Å². The summed E-state index contributed by atoms with van der Waals surface area (Å²) in [7, 11) is 1.45. The molecule has 0 heterocycles. The lowest BCUT2D eigenvalue weighted by Gasteiger charge is -2.12. The molecular weight excluding hydrogens is 346 g/mol. The molecule has 0 aliphatic carbocycles. The first-order chi connectivity index (χ1) is 11.3. The van der Waals surface area contributed by atoms with Gasteiger partial charge in [-0.2, -0.15) is 5.26 Å². The zero-order chi connectivity index (χ0) is 17.7. The highest BCUT2D eigenvalue weighted by molar-refractivity contribution is 8.13. The van der Waals surface area contributed by atoms with Crippen molar-refractivity contribution in [3.05, 3.63) is 53.1 Å². The van der Waals surface area contributed by atoms with Crippen molar-refractivity contribution in [1.82, 2.24) is 0 Å². The molecule has 4 nitrogen and oxygen atoms in total. The molecule has 0 fully saturated rings. The van der Waals surface area contributed by atoms with Crippen LogP contribution >= 0.6 is 10.7 Å². The van der Waals surface area contributed by atoms with Crippen LogP contribution in [0.25, 0.3) is 0 Å². The maximum absolute atomic E-state index is 11.8. The van der Waals surface area contributed by atoms with Gasteiger partial charge in [0, 0.05) is 10.7 Å². The van der Waals surface area contributed by atoms with Crippen LogP contribution in [0.5, 0.6) is 11.5 Å². The van der Waals surface area contributed by atoms with Gasteiger partial charge in [-0.05, 0) is 61.2 Å². The second-order valence-corrected chi connectivity index (χ2v) is 8.11. The minimum Gasteiger partial charge on any atom is -0.456 e. The van der Waals surface area contributed by atoms with Crippen LogP contribution in [0.1, 0.15) is 36.5 Å². The quantitative estimate of drug-likeness (QED) is 0.682. The van der Waals surface area contributed by atoms with Crippen LogP contribution in [0.3, 0.4) is 0 Å². The highest BCUT2D eigenvalue weighted by atomic mass is 35.7. The molecule has 0 bridgehead atoms. The molecule has 0 aromatic heterocycles. The molecule has 0 aliphatic heterocycles. The monoisotopic (exact) mass is 363 g/mol. The first-order valence-electron chi connectivity index (χ1n) is 7.60. The van der Waals surface area contributed by atoms with E-state index in [9.17, 15) is 8.42 Å². The molecule has 0 amide bonds. The number of halogens is 1. The van der Waals surface area contributed by atoms with Crippen molar-refractivity contribution in [1.29, 1.82) is 5.26 Å². The van der Waals surface area contributed by atoms with Gasteiger partial charge < -0.3 is 4.74 Å². The average Bonchev–Trinajstić information content (AvgIpc) is 2.51. The molecule has 6 heteroatoms. The summed E-state index contributed by atoms with van der Waals surface area (Å²) in [6.45, 7) is 4.09. The van der Waals surface area contributed by atoms with Crippen molar-refractivity contribution in [2.75, 3.05) is 0 Å². The fourth-order valence-electron chi connectivity index (χ4n) is 2.39. The molecule has 0 saturated carbocycles. The maximum atomic E-state index is 11.8. The summed E-state index contributed by atoms with van der Waals surface area (Å²) in [5.74, 6) is 0.656. The number of nitriles is 1. The molecule has 0 aliphatic rings. The van der Waals surface area contributed by atoms with E-state index in [1.165, 1.54) is 18.2 Å². The third-order valence-corrected chi connectivity index (χ3v) is 4.84. The van der Waals surface area contributed by atoms with E-state index >= 15 is 0 Å². The summed E-state index contributed by atoms with van der Waals surface area (Å²) in [6, 6.07) is 11.9. The fourth-order valence-corrected chi connectivity index (χ4v) is 3.37. The van der Waals surface area contributed by atoms with Gasteiger partial charge >= 0.3 is 0 Å². The van der Waals surface area contributed by atoms with Crippen LogP contribution in [-0.2, 0) is 15.5 Å². The van der Waals surface area contributed by atoms with E-state index in [2.05, 4.69) is 13.0 Å². The molecule has 0 N–H and O–H groups in total. The van der Waals surface area contributed by atoms with Gasteiger partial charge in [0.15, 0.2) is 0 Å². The van der Waals surface area contributed by atoms with Gasteiger partial charge in [0.25, 0.3) is 9.05 Å². The number of benzene rings is 2. The van der Waals surface area contributed by atoms with Crippen molar-refractivity contribution in [3.8, 4) is 17.6 Å². The van der Waals surface area contributed by atoms with Crippen LogP contribution in [0.2, 0.25) is 0 Å². The van der Waals surface area contributed by atoms with Gasteiger partial charge in [0.1, 0.15) is 16.4 Å². The topological polar surface area (TPSA) is 67.2 Å². The molecular formula is C18H18ClNO3S. The molecule has 0 saturated heterocycles. The lowest BCUT2D eigenvalue weighted by molar-refractivity contribution is 0.467. The molecule has 0 atom stereocenters. The minimum absolute atomic E-state index is 0.107. The standard InChI is InChI=1S/C18H18ClNO3S/c1-3-4-5-14-8-13(2)9-16(10-14)23-17-7-6-15(12-20)11-18(17)24(19,21)22/h6-11H,3-5H2,1-2H3. The second kappa shape index (κ2) is 7.69. The number of aryl methyl sites for hydroxylation is 2. The second-order valence-electron chi connectivity index (χ2n) is 5.57. The first-order valence-corrected chi connectivity index (χ1v) is 9.91. The zero-order valence-electron chi connectivity index (χ0n) is 13.5. The summed E-state index contributed by atoms with van der Waals surface area (Å²) in [5, 5.41) is 8.93. The SMILES string of the molecule is CCCCc1cc(C)cc(Oc2ccc(C#N)cc2S(=O)(=O)Cl)c1. The highest BCUT2D eigenvalue weighted by Gasteiger charge is 2.18. The number of hydrogen-bond acceptors (Lipinski definition) is 4. The number of ether oxygens (including phenoxy) is 1. The summed E-state index contributed by atoms with van der Waals surface area (Å²) in [6.07, 6.45) is 3.10. The predicted octanol–water partition coefficient (Wildman–Crippen LogP) is 4.93. The highest BCUT2D eigenvalue weighted by Crippen LogP contribution is 2.32. The van der Waals surface area contributed by atoms with Gasteiger partial charge in [-0.3, -0.25) is 0 Å². The molecule has 2 aromatic carbocycles. The largest absolute Gasteiger partial charge is 0.456 e. The third kappa shape index (κ3) is 4.73. The Morgan fingerprint density at radius 3 is 2.58 bits per heavy atom. The Labute approximate surface area is 147 Å². The van der Waals surface area contributed by atoms with E-state index < -0.39 is 9.05 Å². The fraction of sp³-hybridized carbons (Fsp3) is 0.278. The summed E-state index contributed by atoms with van der Waals surface area (Å²) < 4.78 is 29.3. The Kier molecular flexibility index (Phi) is 5.87. The average molecular weight is 364 g/mol. The van der Waals surface area contributed by atoms with Crippen LogP contribution in [-0.4, -0.2) is 8.42 Å². The van der Waals surface area contributed by atoms with E-state index in [0.717, 1.165) is 30.4 Å². The number of hydrogen-bond donors (Lipinski definition) is 0. The van der Waals surface area contributed by atoms with Gasteiger partial charge in [0.2, 0.25) is 0 Å². The molecule has 2 aromatic rings. The molecule has 2 rings (SSSR count). The molecule has 126 valence electrons. The van der Waals surface area contributed by atoms with E-state index in [4.69, 9.17) is 20.7 Å². The van der Waals surface area contributed by atoms with E-state index in [1.54, 1.807) is 0 Å². The van der Waals surface area contributed by atoms with Gasteiger partial charge in [0.05, 0.1) is 11.6 Å². The number of rotatable bonds is 6. The Morgan fingerprint density at radius 2 is 1.96 bits per heavy atom. The molecule has 0 unspecified atom stereocenters. The van der Waals surface area contributed by atoms with Crippen molar-refractivity contribution >= 4 is 19.7 Å². The Balaban J connectivity index is 2.41. The number of nitrogens with zero attached hydrogens (tertiary/aromatic N) is 1. The zero-order valence-corrected chi connectivity index (χ0v) is 15.1. The van der Waals surface area contributed by atoms with Gasteiger partial charge in [-0.1, -0.05) is 19.4 Å². The summed E-state index contributed by atoms with van der Waals surface area (Å²) >= 11 is 0. The summed E-state index contributed by atoms with van der Waals surface area (Å²) in [5.41, 5.74) is 2.37. The Hall–Kier alpha value is -2.03. The lowest BCUT2D eigenvalue weighted by Crippen LogP contribution is -1.98. The summed E-state index contributed by atoms with van der Waals surface area (Å²) in [4.78, 5) is -0.208. The van der Waals surface area contributed by atoms with Crippen molar-refractivity contribution < 1.29 is 13.2 Å². The number of unbranched alkanes of at least 4 members (excludes halogenated alkanes) is 1. The molecule has 24 heavy (non-hydrogen) atoms. The normalized spacial score (nSPS) is 11.1. The Morgan fingerprint density at radius 1 is 1.21 bits per heavy atom. The van der Waals surface area contributed by atoms with Gasteiger partial charge in [-0.15, -0.1) is 0 Å². The smallest absolute Gasteiger partial charge is 0.265 e. The van der Waals surface area contributed by atoms with E-state index in [1.807, 2.05) is 25.1 Å². The van der Waals surface area contributed by atoms with Crippen LogP contribution in [0.15, 0.2) is 41.3 Å². The van der Waals surface area contributed by atoms with Crippen molar-refractivity contribution in [2.45, 2.75) is 38.0 Å². The van der Waals surface area contributed by atoms with Crippen LogP contribution < -0.4 is 4.74 Å². The minimum atomic E-state index is -4.02. The van der Waals surface area contributed by atoms with Crippen molar-refractivity contribution in [3.63, 3.8) is 0 Å². The van der Waals surface area contributed by atoms with Crippen LogP contribution in [0.4, 0.5) is 0 Å². The van der Waals surface area contributed by atoms with Gasteiger partial charge in [-0.25, -0.2) is 8.42 Å². The van der Waals surface area contributed by atoms with E-state index in [0.29, 0.717) is 5.75 Å². The lowest BCUT2D eigenvalue weighted by atomic mass is 10.1. The molecule has 0 spiro atoms. The Bertz CT molecular complexity index is 886. The molecule has 0 radical (unpaired) electrons. The maximum Gasteiger partial charge on any atom is 0.265 e. The van der Waals surface area contributed by atoms with Crippen molar-refractivity contribution in [2.24, 2.45) is 0 Å². The predicted molar refractivity (Wildman–Crippen MR) is 94.1 cm³/mol. The van der Waals surface area contributed by atoms with E-state index in [-0.39, 0.29) is 16.2 Å². The third-order valence-electron chi connectivity index (χ3n) is 3.49. The first kappa shape index (κ1) is 18.3.